The molecule has 0 aliphatic carbocycles. The third kappa shape index (κ3) is 21.8. The van der Waals surface area contributed by atoms with Gasteiger partial charge in [-0.1, -0.05) is 96.8 Å². The van der Waals surface area contributed by atoms with Crippen LogP contribution in [0, 0.1) is 0 Å². The van der Waals surface area contributed by atoms with E-state index in [4.69, 9.17) is 29.8 Å². The molecule has 0 amide bonds. The molecule has 1 unspecified atom stereocenters. The Bertz CT molecular complexity index is 496. The first kappa shape index (κ1) is 32.5. The summed E-state index contributed by atoms with van der Waals surface area (Å²) in [5, 5.41) is 0. The highest BCUT2D eigenvalue weighted by Crippen LogP contribution is 2.48. The van der Waals surface area contributed by atoms with E-state index in [2.05, 4.69) is 6.92 Å². The van der Waals surface area contributed by atoms with Crippen LogP contribution in [0.5, 0.6) is 0 Å². The Balaban J connectivity index is 3.49. The smallest absolute Gasteiger partial charge is 0.464 e. The summed E-state index contributed by atoms with van der Waals surface area (Å²) in [4.78, 5) is 11.8. The molecule has 198 valence electrons. The van der Waals surface area contributed by atoms with E-state index in [1.54, 1.807) is 0 Å². The number of phosphoric ester groups is 1. The standard InChI is InChI=1S/C24H51N2O6P/c1-3-4-5-6-7-8-9-10-11-12-13-14-15-16-17-18-24(27)30-21-23(26)22-32-33(28,29-2)31-20-19-25/h23H,3-22,25-26H2,1-2H3/t23-,33?/m0/s1. The van der Waals surface area contributed by atoms with Crippen LogP contribution in [0.15, 0.2) is 0 Å². The summed E-state index contributed by atoms with van der Waals surface area (Å²) in [5.41, 5.74) is 11.1. The van der Waals surface area contributed by atoms with Crippen molar-refractivity contribution in [3.05, 3.63) is 0 Å². The van der Waals surface area contributed by atoms with Crippen molar-refractivity contribution in [1.82, 2.24) is 0 Å². The highest BCUT2D eigenvalue weighted by molar-refractivity contribution is 7.48. The van der Waals surface area contributed by atoms with Crippen LogP contribution in [-0.4, -0.2) is 45.5 Å². The van der Waals surface area contributed by atoms with Gasteiger partial charge >= 0.3 is 13.8 Å². The Hall–Kier alpha value is -0.500. The number of hydrogen-bond acceptors (Lipinski definition) is 8. The van der Waals surface area contributed by atoms with Gasteiger partial charge in [0.1, 0.15) is 6.61 Å². The highest BCUT2D eigenvalue weighted by atomic mass is 31.2. The van der Waals surface area contributed by atoms with Crippen LogP contribution < -0.4 is 11.5 Å². The average molecular weight is 495 g/mol. The maximum atomic E-state index is 12.1. The first-order chi connectivity index (χ1) is 16.0. The zero-order valence-electron chi connectivity index (χ0n) is 21.3. The second kappa shape index (κ2) is 23.3. The number of esters is 1. The van der Waals surface area contributed by atoms with E-state index < -0.39 is 13.9 Å². The summed E-state index contributed by atoms with van der Waals surface area (Å²) >= 11 is 0. The second-order valence-corrected chi connectivity index (χ2v) is 10.5. The Labute approximate surface area is 202 Å². The molecule has 0 aromatic rings. The minimum Gasteiger partial charge on any atom is -0.464 e. The first-order valence-corrected chi connectivity index (χ1v) is 14.5. The van der Waals surface area contributed by atoms with Gasteiger partial charge in [-0.3, -0.25) is 18.4 Å². The molecule has 0 saturated carbocycles. The molecule has 2 atom stereocenters. The van der Waals surface area contributed by atoms with Crippen molar-refractivity contribution in [1.29, 1.82) is 0 Å². The summed E-state index contributed by atoms with van der Waals surface area (Å²) in [6.45, 7) is 2.40. The summed E-state index contributed by atoms with van der Waals surface area (Å²) in [6, 6.07) is -0.611. The van der Waals surface area contributed by atoms with E-state index in [9.17, 15) is 9.36 Å². The molecule has 4 N–H and O–H groups in total. The van der Waals surface area contributed by atoms with Crippen molar-refractivity contribution < 1.29 is 27.7 Å². The van der Waals surface area contributed by atoms with Crippen LogP contribution in [0.2, 0.25) is 0 Å². The first-order valence-electron chi connectivity index (χ1n) is 13.0. The largest absolute Gasteiger partial charge is 0.474 e. The van der Waals surface area contributed by atoms with Crippen molar-refractivity contribution >= 4 is 13.8 Å². The molecule has 0 heterocycles. The Morgan fingerprint density at radius 2 is 1.27 bits per heavy atom. The van der Waals surface area contributed by atoms with Crippen LogP contribution in [-0.2, 0) is 27.7 Å². The molecule has 0 aromatic heterocycles. The Morgan fingerprint density at radius 3 is 1.73 bits per heavy atom. The van der Waals surface area contributed by atoms with Crippen molar-refractivity contribution in [2.24, 2.45) is 11.5 Å². The topological polar surface area (TPSA) is 123 Å². The predicted octanol–water partition coefficient (Wildman–Crippen LogP) is 5.86. The van der Waals surface area contributed by atoms with Gasteiger partial charge in [0.2, 0.25) is 0 Å². The van der Waals surface area contributed by atoms with Crippen molar-refractivity contribution in [3.8, 4) is 0 Å². The Morgan fingerprint density at radius 1 is 0.788 bits per heavy atom. The third-order valence-corrected chi connectivity index (χ3v) is 6.89. The molecular formula is C24H51N2O6P. The van der Waals surface area contributed by atoms with E-state index in [1.807, 2.05) is 0 Å². The summed E-state index contributed by atoms with van der Waals surface area (Å²) < 4.78 is 32.0. The van der Waals surface area contributed by atoms with E-state index in [-0.39, 0.29) is 32.3 Å². The quantitative estimate of drug-likeness (QED) is 0.0918. The maximum absolute atomic E-state index is 12.1. The molecule has 0 fully saturated rings. The zero-order valence-corrected chi connectivity index (χ0v) is 22.2. The lowest BCUT2D eigenvalue weighted by Gasteiger charge is -2.18. The van der Waals surface area contributed by atoms with Gasteiger partial charge in [0.25, 0.3) is 0 Å². The fraction of sp³-hybridized carbons (Fsp3) is 0.958. The van der Waals surface area contributed by atoms with Crippen molar-refractivity contribution in [2.75, 3.05) is 33.5 Å². The number of carbonyl (C=O) groups is 1. The lowest BCUT2D eigenvalue weighted by atomic mass is 10.0. The Kier molecular flexibility index (Phi) is 22.9. The minimum absolute atomic E-state index is 0.00181. The SMILES string of the molecule is CCCCCCCCCCCCCCCCCC(=O)OC[C@H](N)COP(=O)(OC)OCCN. The fourth-order valence-corrected chi connectivity index (χ4v) is 4.44. The van der Waals surface area contributed by atoms with Crippen LogP contribution in [0.25, 0.3) is 0 Å². The van der Waals surface area contributed by atoms with Gasteiger partial charge in [-0.25, -0.2) is 4.57 Å². The van der Waals surface area contributed by atoms with Crippen LogP contribution in [0.4, 0.5) is 0 Å². The molecule has 0 aliphatic heterocycles. The molecule has 0 saturated heterocycles. The van der Waals surface area contributed by atoms with E-state index in [0.29, 0.717) is 6.42 Å². The molecule has 0 rings (SSSR count). The van der Waals surface area contributed by atoms with Gasteiger partial charge in [-0.05, 0) is 6.42 Å². The summed E-state index contributed by atoms with van der Waals surface area (Å²) in [6.07, 6.45) is 19.7. The van der Waals surface area contributed by atoms with E-state index in [1.165, 1.54) is 84.2 Å². The normalized spacial score (nSPS) is 14.2. The molecule has 9 heteroatoms. The number of phosphoric acid groups is 1. The number of hydrogen-bond donors (Lipinski definition) is 2. The van der Waals surface area contributed by atoms with Crippen molar-refractivity contribution in [3.63, 3.8) is 0 Å². The van der Waals surface area contributed by atoms with Crippen LogP contribution in [0.3, 0.4) is 0 Å². The summed E-state index contributed by atoms with van der Waals surface area (Å²) in [5.74, 6) is -0.269. The molecule has 0 spiro atoms. The number of carbonyl (C=O) groups excluding carboxylic acids is 1. The minimum atomic E-state index is -3.66. The monoisotopic (exact) mass is 494 g/mol. The molecule has 33 heavy (non-hydrogen) atoms. The van der Waals surface area contributed by atoms with Crippen LogP contribution in [0.1, 0.15) is 110 Å². The van der Waals surface area contributed by atoms with E-state index in [0.717, 1.165) is 19.3 Å². The van der Waals surface area contributed by atoms with E-state index >= 15 is 0 Å². The fourth-order valence-electron chi connectivity index (χ4n) is 3.46. The average Bonchev–Trinajstić information content (AvgIpc) is 2.82. The zero-order chi connectivity index (χ0) is 24.6. The summed E-state index contributed by atoms with van der Waals surface area (Å²) in [7, 11) is -2.44. The van der Waals surface area contributed by atoms with Gasteiger partial charge in [-0.2, -0.15) is 0 Å². The lowest BCUT2D eigenvalue weighted by Crippen LogP contribution is -2.32. The van der Waals surface area contributed by atoms with Gasteiger partial charge in [0, 0.05) is 20.1 Å². The maximum Gasteiger partial charge on any atom is 0.474 e. The molecular weight excluding hydrogens is 443 g/mol. The predicted molar refractivity (Wildman–Crippen MR) is 134 cm³/mol. The second-order valence-electron chi connectivity index (χ2n) is 8.69. The number of nitrogens with two attached hydrogens (primary N) is 2. The van der Waals surface area contributed by atoms with Gasteiger partial charge in [0.05, 0.1) is 19.3 Å². The number of rotatable bonds is 25. The molecule has 8 nitrogen and oxygen atoms in total. The van der Waals surface area contributed by atoms with Gasteiger partial charge in [0.15, 0.2) is 0 Å². The number of ether oxygens (including phenoxy) is 1. The van der Waals surface area contributed by atoms with Gasteiger partial charge in [-0.15, -0.1) is 0 Å². The molecule has 0 radical (unpaired) electrons. The number of unbranched alkanes of at least 4 members (excludes halogenated alkanes) is 14. The third-order valence-electron chi connectivity index (χ3n) is 5.48. The van der Waals surface area contributed by atoms with Crippen LogP contribution >= 0.6 is 7.82 Å². The van der Waals surface area contributed by atoms with Crippen molar-refractivity contribution in [2.45, 2.75) is 116 Å². The highest BCUT2D eigenvalue weighted by Gasteiger charge is 2.25. The van der Waals surface area contributed by atoms with Gasteiger partial charge < -0.3 is 16.2 Å². The lowest BCUT2D eigenvalue weighted by molar-refractivity contribution is -0.144. The molecule has 0 aliphatic rings. The molecule has 0 aromatic carbocycles. The molecule has 0 bridgehead atoms.